The van der Waals surface area contributed by atoms with Gasteiger partial charge in [0.1, 0.15) is 0 Å². The third kappa shape index (κ3) is 4.88. The van der Waals surface area contributed by atoms with Crippen molar-refractivity contribution in [3.63, 3.8) is 0 Å². The second-order valence-electron chi connectivity index (χ2n) is 7.96. The molecule has 0 bridgehead atoms. The maximum absolute atomic E-state index is 13.0. The summed E-state index contributed by atoms with van der Waals surface area (Å²) in [5, 5.41) is 2.69. The van der Waals surface area contributed by atoms with E-state index in [1.165, 1.54) is 16.9 Å². The highest BCUT2D eigenvalue weighted by Gasteiger charge is 2.41. The van der Waals surface area contributed by atoms with E-state index < -0.39 is 0 Å². The van der Waals surface area contributed by atoms with E-state index in [2.05, 4.69) is 39.5 Å². The number of carbonyl (C=O) groups excluding carboxylic acids is 1. The number of benzene rings is 1. The third-order valence-electron chi connectivity index (χ3n) is 6.39. The van der Waals surface area contributed by atoms with Gasteiger partial charge in [-0.3, -0.25) is 4.79 Å². The molecule has 1 aromatic heterocycles. The van der Waals surface area contributed by atoms with Crippen LogP contribution in [-0.2, 0) is 10.2 Å². The highest BCUT2D eigenvalue weighted by Crippen LogP contribution is 2.42. The Kier molecular flexibility index (Phi) is 8.35. The van der Waals surface area contributed by atoms with Crippen LogP contribution < -0.4 is 11.5 Å². The van der Waals surface area contributed by atoms with E-state index in [1.807, 2.05) is 6.07 Å². The molecule has 1 amide bonds. The number of hydrogen-bond donors (Lipinski definition) is 2. The van der Waals surface area contributed by atoms with E-state index in [4.69, 9.17) is 11.5 Å². The highest BCUT2D eigenvalue weighted by atomic mass is 35.5. The van der Waals surface area contributed by atoms with E-state index >= 15 is 0 Å². The summed E-state index contributed by atoms with van der Waals surface area (Å²) < 4.78 is 0. The number of halogens is 2. The number of hydrogen-bond acceptors (Lipinski definition) is 5. The molecule has 1 aromatic carbocycles. The van der Waals surface area contributed by atoms with E-state index in [-0.39, 0.29) is 42.2 Å². The minimum atomic E-state index is -0.152. The van der Waals surface area contributed by atoms with Gasteiger partial charge in [-0.2, -0.15) is 0 Å². The monoisotopic (exact) mass is 456 g/mol. The number of piperidine rings is 1. The Morgan fingerprint density at radius 2 is 1.69 bits per heavy atom. The predicted octanol–water partition coefficient (Wildman–Crippen LogP) is 3.99. The maximum Gasteiger partial charge on any atom is 0.225 e. The molecule has 8 heteroatoms. The second kappa shape index (κ2) is 10.1. The van der Waals surface area contributed by atoms with Crippen LogP contribution in [0.2, 0.25) is 0 Å². The highest BCUT2D eigenvalue weighted by molar-refractivity contribution is 7.13. The SMILES string of the molecule is Cl.Cl.Nc1nc(C2(c3ccccc3)CCN(C(=O)C3CCC(N)CC3)CC2)cs1. The first-order valence-electron chi connectivity index (χ1n) is 9.90. The summed E-state index contributed by atoms with van der Waals surface area (Å²) in [6, 6.07) is 10.8. The molecule has 2 aliphatic rings. The van der Waals surface area contributed by atoms with Crippen LogP contribution in [0.1, 0.15) is 49.8 Å². The summed E-state index contributed by atoms with van der Waals surface area (Å²) >= 11 is 1.50. The second-order valence-corrected chi connectivity index (χ2v) is 8.85. The smallest absolute Gasteiger partial charge is 0.225 e. The van der Waals surface area contributed by atoms with Crippen molar-refractivity contribution in [1.29, 1.82) is 0 Å². The van der Waals surface area contributed by atoms with Crippen LogP contribution >= 0.6 is 36.2 Å². The summed E-state index contributed by atoms with van der Waals surface area (Å²) in [5.74, 6) is 0.477. The first kappa shape index (κ1) is 23.9. The largest absolute Gasteiger partial charge is 0.375 e. The topological polar surface area (TPSA) is 85.2 Å². The molecule has 1 aliphatic heterocycles. The lowest BCUT2D eigenvalue weighted by atomic mass is 9.70. The van der Waals surface area contributed by atoms with Gasteiger partial charge in [0, 0.05) is 35.8 Å². The fourth-order valence-electron chi connectivity index (χ4n) is 4.69. The lowest BCUT2D eigenvalue weighted by Gasteiger charge is -2.42. The van der Waals surface area contributed by atoms with Gasteiger partial charge < -0.3 is 16.4 Å². The van der Waals surface area contributed by atoms with Gasteiger partial charge in [0.2, 0.25) is 5.91 Å². The van der Waals surface area contributed by atoms with Gasteiger partial charge in [-0.15, -0.1) is 36.2 Å². The molecule has 29 heavy (non-hydrogen) atoms. The Labute approximate surface area is 189 Å². The zero-order chi connectivity index (χ0) is 18.9. The van der Waals surface area contributed by atoms with E-state index in [9.17, 15) is 4.79 Å². The van der Waals surface area contributed by atoms with Crippen molar-refractivity contribution in [2.75, 3.05) is 18.8 Å². The van der Waals surface area contributed by atoms with Crippen molar-refractivity contribution in [2.24, 2.45) is 11.7 Å². The lowest BCUT2D eigenvalue weighted by molar-refractivity contribution is -0.138. The molecule has 0 radical (unpaired) electrons. The van der Waals surface area contributed by atoms with Gasteiger partial charge in [-0.1, -0.05) is 30.3 Å². The molecule has 0 unspecified atom stereocenters. The van der Waals surface area contributed by atoms with Crippen LogP contribution in [0.3, 0.4) is 0 Å². The van der Waals surface area contributed by atoms with Crippen molar-refractivity contribution < 1.29 is 4.79 Å². The molecule has 2 fully saturated rings. The quantitative estimate of drug-likeness (QED) is 0.730. The fourth-order valence-corrected chi connectivity index (χ4v) is 5.35. The zero-order valence-electron chi connectivity index (χ0n) is 16.5. The number of amides is 1. The first-order chi connectivity index (χ1) is 13.1. The molecular weight excluding hydrogens is 427 g/mol. The Bertz CT molecular complexity index is 785. The van der Waals surface area contributed by atoms with Crippen molar-refractivity contribution in [1.82, 2.24) is 9.88 Å². The minimum Gasteiger partial charge on any atom is -0.375 e. The van der Waals surface area contributed by atoms with Crippen molar-refractivity contribution in [3.8, 4) is 0 Å². The van der Waals surface area contributed by atoms with Gasteiger partial charge in [0.25, 0.3) is 0 Å². The number of aromatic nitrogens is 1. The normalized spacial score (nSPS) is 23.6. The molecule has 1 saturated heterocycles. The van der Waals surface area contributed by atoms with Gasteiger partial charge in [-0.05, 0) is 44.1 Å². The van der Waals surface area contributed by atoms with E-state index in [1.54, 1.807) is 0 Å². The average Bonchev–Trinajstić information content (AvgIpc) is 3.16. The molecule has 0 spiro atoms. The lowest BCUT2D eigenvalue weighted by Crippen LogP contribution is -2.48. The number of carbonyl (C=O) groups is 1. The number of nitrogens with two attached hydrogens (primary N) is 2. The number of likely N-dealkylation sites (tertiary alicyclic amines) is 1. The van der Waals surface area contributed by atoms with Crippen LogP contribution in [0, 0.1) is 5.92 Å². The molecule has 1 saturated carbocycles. The Hall–Kier alpha value is -1.34. The van der Waals surface area contributed by atoms with Gasteiger partial charge >= 0.3 is 0 Å². The molecule has 5 nitrogen and oxygen atoms in total. The summed E-state index contributed by atoms with van der Waals surface area (Å²) in [5.41, 5.74) is 14.1. The van der Waals surface area contributed by atoms with E-state index in [0.717, 1.165) is 57.3 Å². The van der Waals surface area contributed by atoms with Crippen LogP contribution in [0.5, 0.6) is 0 Å². The number of nitrogens with zero attached hydrogens (tertiary/aromatic N) is 2. The van der Waals surface area contributed by atoms with Crippen molar-refractivity contribution >= 4 is 47.2 Å². The molecule has 160 valence electrons. The Morgan fingerprint density at radius 3 is 2.24 bits per heavy atom. The molecular formula is C21H30Cl2N4OS. The van der Waals surface area contributed by atoms with Gasteiger partial charge in [0.05, 0.1) is 5.69 Å². The maximum atomic E-state index is 13.0. The molecule has 4 rings (SSSR count). The molecule has 2 aromatic rings. The van der Waals surface area contributed by atoms with Crippen molar-refractivity contribution in [2.45, 2.75) is 50.0 Å². The van der Waals surface area contributed by atoms with Crippen molar-refractivity contribution in [3.05, 3.63) is 47.0 Å². The summed E-state index contributed by atoms with van der Waals surface area (Å²) in [4.78, 5) is 19.7. The minimum absolute atomic E-state index is 0. The van der Waals surface area contributed by atoms with Crippen LogP contribution in [0.4, 0.5) is 5.13 Å². The average molecular weight is 457 g/mol. The first-order valence-corrected chi connectivity index (χ1v) is 10.8. The van der Waals surface area contributed by atoms with Crippen LogP contribution in [0.15, 0.2) is 35.7 Å². The van der Waals surface area contributed by atoms with Crippen LogP contribution in [0.25, 0.3) is 0 Å². The number of nitrogen functional groups attached to an aromatic ring is 1. The fraction of sp³-hybridized carbons (Fsp3) is 0.524. The summed E-state index contributed by atoms with van der Waals surface area (Å²) in [6.45, 7) is 1.54. The molecule has 2 heterocycles. The standard InChI is InChI=1S/C21H28N4OS.2ClH/c22-17-8-6-15(7-9-17)19(26)25-12-10-21(11-13-25,16-4-2-1-3-5-16)18-14-27-20(23)24-18;;/h1-5,14-15,17H,6-13,22H2,(H2,23,24);2*1H. The number of rotatable bonds is 3. The Morgan fingerprint density at radius 1 is 1.07 bits per heavy atom. The number of anilines is 1. The Balaban J connectivity index is 0.00000150. The molecule has 0 atom stereocenters. The summed E-state index contributed by atoms with van der Waals surface area (Å²) in [7, 11) is 0. The van der Waals surface area contributed by atoms with Crippen LogP contribution in [-0.4, -0.2) is 34.9 Å². The zero-order valence-corrected chi connectivity index (χ0v) is 18.9. The van der Waals surface area contributed by atoms with Gasteiger partial charge in [-0.25, -0.2) is 4.98 Å². The third-order valence-corrected chi connectivity index (χ3v) is 7.06. The molecule has 4 N–H and O–H groups in total. The van der Waals surface area contributed by atoms with Gasteiger partial charge in [0.15, 0.2) is 5.13 Å². The predicted molar refractivity (Wildman–Crippen MR) is 124 cm³/mol. The molecule has 1 aliphatic carbocycles. The number of thiazole rings is 1. The summed E-state index contributed by atoms with van der Waals surface area (Å²) in [6.07, 6.45) is 5.58. The van der Waals surface area contributed by atoms with E-state index in [0.29, 0.717) is 11.0 Å².